The summed E-state index contributed by atoms with van der Waals surface area (Å²) in [5.74, 6) is 1.87. The largest absolute Gasteiger partial charge is 0.355 e. The van der Waals surface area contributed by atoms with Crippen molar-refractivity contribution in [1.29, 1.82) is 0 Å². The highest BCUT2D eigenvalue weighted by atomic mass is 127. The summed E-state index contributed by atoms with van der Waals surface area (Å²) in [7, 11) is 1.91. The van der Waals surface area contributed by atoms with Crippen molar-refractivity contribution in [2.24, 2.45) is 10.9 Å². The van der Waals surface area contributed by atoms with E-state index in [-0.39, 0.29) is 24.0 Å². The zero-order valence-electron chi connectivity index (χ0n) is 14.0. The van der Waals surface area contributed by atoms with E-state index in [1.165, 1.54) is 45.2 Å². The van der Waals surface area contributed by atoms with Crippen LogP contribution in [-0.2, 0) is 0 Å². The summed E-state index contributed by atoms with van der Waals surface area (Å²) >= 11 is 0. The van der Waals surface area contributed by atoms with Gasteiger partial charge in [0.05, 0.1) is 0 Å². The summed E-state index contributed by atoms with van der Waals surface area (Å²) in [5, 5.41) is 3.63. The lowest BCUT2D eigenvalue weighted by Crippen LogP contribution is -2.47. The Morgan fingerprint density at radius 3 is 2.14 bits per heavy atom. The number of nitrogens with one attached hydrogen (secondary N) is 1. The van der Waals surface area contributed by atoms with Crippen molar-refractivity contribution in [3.8, 4) is 0 Å². The molecule has 0 radical (unpaired) electrons. The average Bonchev–Trinajstić information content (AvgIpc) is 3.11. The highest BCUT2D eigenvalue weighted by Crippen LogP contribution is 2.17. The second-order valence-corrected chi connectivity index (χ2v) is 6.65. The van der Waals surface area contributed by atoms with E-state index in [1.807, 2.05) is 7.05 Å². The van der Waals surface area contributed by atoms with E-state index in [9.17, 15) is 0 Å². The fraction of sp³-hybridized carbons (Fsp3) is 0.938. The Labute approximate surface area is 147 Å². The predicted molar refractivity (Wildman–Crippen MR) is 102 cm³/mol. The monoisotopic (exact) mass is 408 g/mol. The molecule has 124 valence electrons. The summed E-state index contributed by atoms with van der Waals surface area (Å²) in [6, 6.07) is 0.664. The van der Waals surface area contributed by atoms with Crippen molar-refractivity contribution in [2.45, 2.75) is 52.0 Å². The molecule has 1 N–H and O–H groups in total. The van der Waals surface area contributed by atoms with Crippen molar-refractivity contribution in [1.82, 2.24) is 15.1 Å². The Kier molecular flexibility index (Phi) is 8.94. The summed E-state index contributed by atoms with van der Waals surface area (Å²) in [4.78, 5) is 9.53. The lowest BCUT2D eigenvalue weighted by molar-refractivity contribution is 0.211. The van der Waals surface area contributed by atoms with Crippen LogP contribution in [0.2, 0.25) is 0 Å². The first-order valence-electron chi connectivity index (χ1n) is 8.40. The first-order chi connectivity index (χ1) is 9.70. The number of halogens is 1. The molecule has 5 heteroatoms. The van der Waals surface area contributed by atoms with Crippen LogP contribution in [0, 0.1) is 5.92 Å². The van der Waals surface area contributed by atoms with E-state index in [0.717, 1.165) is 31.5 Å². The molecule has 0 amide bonds. The van der Waals surface area contributed by atoms with Gasteiger partial charge >= 0.3 is 0 Å². The minimum atomic E-state index is 0. The smallest absolute Gasteiger partial charge is 0.193 e. The van der Waals surface area contributed by atoms with Crippen LogP contribution < -0.4 is 5.32 Å². The highest BCUT2D eigenvalue weighted by Gasteiger charge is 2.24. The molecule has 2 saturated heterocycles. The van der Waals surface area contributed by atoms with E-state index < -0.39 is 0 Å². The molecule has 1 atom stereocenters. The van der Waals surface area contributed by atoms with Gasteiger partial charge in [-0.05, 0) is 51.1 Å². The maximum absolute atomic E-state index is 4.46. The standard InChI is InChI=1S/C16H32N4.HI/c1-14(2)12-15(19-8-4-5-9-19)13-18-16(17-3)20-10-6-7-11-20;/h14-15H,4-13H2,1-3H3,(H,17,18);1H. The lowest BCUT2D eigenvalue weighted by atomic mass is 10.0. The normalized spacial score (nSPS) is 21.7. The minimum absolute atomic E-state index is 0. The molecule has 21 heavy (non-hydrogen) atoms. The number of aliphatic imine (C=N–C) groups is 1. The Bertz CT molecular complexity index is 307. The van der Waals surface area contributed by atoms with Gasteiger partial charge < -0.3 is 10.2 Å². The molecule has 0 aliphatic carbocycles. The SMILES string of the molecule is CN=C(NCC(CC(C)C)N1CCCC1)N1CCCC1.I. The molecule has 2 aliphatic heterocycles. The zero-order chi connectivity index (χ0) is 14.4. The summed E-state index contributed by atoms with van der Waals surface area (Å²) in [6.07, 6.45) is 6.64. The number of hydrogen-bond acceptors (Lipinski definition) is 2. The van der Waals surface area contributed by atoms with Crippen molar-refractivity contribution >= 4 is 29.9 Å². The molecule has 0 aromatic rings. The highest BCUT2D eigenvalue weighted by molar-refractivity contribution is 14.0. The fourth-order valence-electron chi connectivity index (χ4n) is 3.48. The van der Waals surface area contributed by atoms with Crippen LogP contribution >= 0.6 is 24.0 Å². The second-order valence-electron chi connectivity index (χ2n) is 6.65. The summed E-state index contributed by atoms with van der Waals surface area (Å²) < 4.78 is 0. The van der Waals surface area contributed by atoms with E-state index in [0.29, 0.717) is 6.04 Å². The van der Waals surface area contributed by atoms with Crippen LogP contribution in [0.5, 0.6) is 0 Å². The van der Waals surface area contributed by atoms with Crippen LogP contribution in [0.3, 0.4) is 0 Å². The Balaban J connectivity index is 0.00000220. The van der Waals surface area contributed by atoms with Gasteiger partial charge in [0.25, 0.3) is 0 Å². The van der Waals surface area contributed by atoms with Crippen LogP contribution in [-0.4, -0.2) is 61.6 Å². The lowest BCUT2D eigenvalue weighted by Gasteiger charge is -2.31. The van der Waals surface area contributed by atoms with Crippen molar-refractivity contribution in [3.63, 3.8) is 0 Å². The van der Waals surface area contributed by atoms with Crippen molar-refractivity contribution < 1.29 is 0 Å². The molecular weight excluding hydrogens is 375 g/mol. The van der Waals surface area contributed by atoms with Gasteiger partial charge in [0.2, 0.25) is 0 Å². The number of likely N-dealkylation sites (tertiary alicyclic amines) is 2. The van der Waals surface area contributed by atoms with Gasteiger partial charge in [-0.2, -0.15) is 0 Å². The quantitative estimate of drug-likeness (QED) is 0.431. The van der Waals surface area contributed by atoms with Crippen LogP contribution in [0.15, 0.2) is 4.99 Å². The molecule has 0 aromatic heterocycles. The molecule has 2 fully saturated rings. The molecule has 2 aliphatic rings. The Morgan fingerprint density at radius 2 is 1.62 bits per heavy atom. The summed E-state index contributed by atoms with van der Waals surface area (Å²) in [6.45, 7) is 10.6. The molecular formula is C16H33IN4. The Morgan fingerprint density at radius 1 is 1.05 bits per heavy atom. The topological polar surface area (TPSA) is 30.9 Å². The number of hydrogen-bond donors (Lipinski definition) is 1. The molecule has 1 unspecified atom stereocenters. The molecule has 4 nitrogen and oxygen atoms in total. The minimum Gasteiger partial charge on any atom is -0.355 e. The molecule has 0 bridgehead atoms. The van der Waals surface area contributed by atoms with Gasteiger partial charge in [-0.3, -0.25) is 9.89 Å². The third kappa shape index (κ3) is 5.93. The maximum atomic E-state index is 4.46. The average molecular weight is 408 g/mol. The number of nitrogens with zero attached hydrogens (tertiary/aromatic N) is 3. The first kappa shape index (κ1) is 19.0. The molecule has 0 aromatic carbocycles. The van der Waals surface area contributed by atoms with Gasteiger partial charge in [-0.1, -0.05) is 13.8 Å². The van der Waals surface area contributed by atoms with Crippen molar-refractivity contribution in [3.05, 3.63) is 0 Å². The molecule has 0 spiro atoms. The van der Waals surface area contributed by atoms with Gasteiger partial charge in [0.1, 0.15) is 0 Å². The van der Waals surface area contributed by atoms with Gasteiger partial charge in [-0.15, -0.1) is 24.0 Å². The molecule has 2 heterocycles. The molecule has 0 saturated carbocycles. The third-order valence-corrected chi connectivity index (χ3v) is 4.51. The molecule has 2 rings (SSSR count). The van der Waals surface area contributed by atoms with Crippen LogP contribution in [0.25, 0.3) is 0 Å². The van der Waals surface area contributed by atoms with Gasteiger partial charge in [-0.25, -0.2) is 0 Å². The van der Waals surface area contributed by atoms with Crippen LogP contribution in [0.4, 0.5) is 0 Å². The Hall–Kier alpha value is -0.0400. The van der Waals surface area contributed by atoms with E-state index in [1.54, 1.807) is 0 Å². The number of rotatable bonds is 5. The maximum Gasteiger partial charge on any atom is 0.193 e. The van der Waals surface area contributed by atoms with E-state index >= 15 is 0 Å². The fourth-order valence-corrected chi connectivity index (χ4v) is 3.48. The van der Waals surface area contributed by atoms with E-state index in [2.05, 4.69) is 34.0 Å². The van der Waals surface area contributed by atoms with E-state index in [4.69, 9.17) is 0 Å². The first-order valence-corrected chi connectivity index (χ1v) is 8.40. The van der Waals surface area contributed by atoms with Crippen molar-refractivity contribution in [2.75, 3.05) is 39.8 Å². The third-order valence-electron chi connectivity index (χ3n) is 4.51. The summed E-state index contributed by atoms with van der Waals surface area (Å²) in [5.41, 5.74) is 0. The van der Waals surface area contributed by atoms with Gasteiger partial charge in [0.15, 0.2) is 5.96 Å². The second kappa shape index (κ2) is 9.87. The zero-order valence-corrected chi connectivity index (χ0v) is 16.3. The van der Waals surface area contributed by atoms with Crippen LogP contribution in [0.1, 0.15) is 46.0 Å². The number of guanidine groups is 1. The predicted octanol–water partition coefficient (Wildman–Crippen LogP) is 2.79. The van der Waals surface area contributed by atoms with Gasteiger partial charge in [0, 0.05) is 32.7 Å².